The van der Waals surface area contributed by atoms with E-state index >= 15 is 0 Å². The zero-order valence-corrected chi connectivity index (χ0v) is 14.4. The van der Waals surface area contributed by atoms with Crippen LogP contribution in [-0.4, -0.2) is 16.7 Å². The van der Waals surface area contributed by atoms with Crippen LogP contribution in [0, 0.1) is 11.3 Å². The summed E-state index contributed by atoms with van der Waals surface area (Å²) in [4.78, 5) is 4.52. The fourth-order valence-electron chi connectivity index (χ4n) is 3.17. The topological polar surface area (TPSA) is 50.8 Å². The monoisotopic (exact) mass is 339 g/mol. The predicted octanol–water partition coefficient (Wildman–Crippen LogP) is 4.63. The van der Waals surface area contributed by atoms with Gasteiger partial charge in [-0.15, -0.1) is 0 Å². The Morgan fingerprint density at radius 2 is 1.69 bits per heavy atom. The molecule has 0 aliphatic heterocycles. The van der Waals surface area contributed by atoms with Crippen LogP contribution in [0.3, 0.4) is 0 Å². The molecule has 0 atom stereocenters. The maximum absolute atomic E-state index is 9.29. The minimum absolute atomic E-state index is 0.602. The summed E-state index contributed by atoms with van der Waals surface area (Å²) in [5.41, 5.74) is 5.78. The van der Waals surface area contributed by atoms with E-state index in [0.717, 1.165) is 27.7 Å². The molecule has 0 aliphatic carbocycles. The summed E-state index contributed by atoms with van der Waals surface area (Å²) in [5, 5.41) is 9.29. The summed E-state index contributed by atoms with van der Waals surface area (Å²) < 4.78 is 7.50. The van der Waals surface area contributed by atoms with E-state index in [-0.39, 0.29) is 0 Å². The Morgan fingerprint density at radius 1 is 0.962 bits per heavy atom. The zero-order chi connectivity index (χ0) is 17.9. The first-order valence-corrected chi connectivity index (χ1v) is 8.38. The average Bonchev–Trinajstić information content (AvgIpc) is 3.06. The molecule has 0 radical (unpaired) electrons. The number of hydrogen-bond donors (Lipinski definition) is 0. The van der Waals surface area contributed by atoms with Crippen LogP contribution >= 0.6 is 0 Å². The zero-order valence-electron chi connectivity index (χ0n) is 14.4. The van der Waals surface area contributed by atoms with E-state index < -0.39 is 0 Å². The quantitative estimate of drug-likeness (QED) is 0.544. The summed E-state index contributed by atoms with van der Waals surface area (Å²) in [6, 6.07) is 26.8. The normalized spacial score (nSPS) is 10.6. The standard InChI is InChI=1S/C22H17N3O/c1-26-22-24-20-8-4-5-9-21(20)25(22)15-16-10-12-17(13-11-16)19-7-3-2-6-18(19)14-23/h2-13H,15H2,1H3. The molecule has 0 saturated carbocycles. The minimum Gasteiger partial charge on any atom is -0.468 e. The lowest BCUT2D eigenvalue weighted by Crippen LogP contribution is -2.02. The van der Waals surface area contributed by atoms with Gasteiger partial charge in [0.15, 0.2) is 0 Å². The Morgan fingerprint density at radius 3 is 2.46 bits per heavy atom. The van der Waals surface area contributed by atoms with Crippen LogP contribution in [0.5, 0.6) is 6.01 Å². The summed E-state index contributed by atoms with van der Waals surface area (Å²) in [6.07, 6.45) is 0. The van der Waals surface area contributed by atoms with Gasteiger partial charge in [0.25, 0.3) is 6.01 Å². The van der Waals surface area contributed by atoms with Crippen LogP contribution in [0.15, 0.2) is 72.8 Å². The summed E-state index contributed by atoms with van der Waals surface area (Å²) >= 11 is 0. The van der Waals surface area contributed by atoms with Crippen LogP contribution in [0.2, 0.25) is 0 Å². The number of nitriles is 1. The highest BCUT2D eigenvalue weighted by Gasteiger charge is 2.11. The minimum atomic E-state index is 0.602. The van der Waals surface area contributed by atoms with Gasteiger partial charge in [-0.3, -0.25) is 4.57 Å². The van der Waals surface area contributed by atoms with Crippen molar-refractivity contribution in [2.45, 2.75) is 6.54 Å². The van der Waals surface area contributed by atoms with E-state index in [1.807, 2.05) is 48.5 Å². The first-order valence-electron chi connectivity index (χ1n) is 8.38. The Kier molecular flexibility index (Phi) is 4.12. The van der Waals surface area contributed by atoms with Crippen molar-refractivity contribution in [3.8, 4) is 23.2 Å². The molecule has 4 nitrogen and oxygen atoms in total. The largest absolute Gasteiger partial charge is 0.468 e. The Bertz CT molecular complexity index is 1100. The van der Waals surface area contributed by atoms with Crippen molar-refractivity contribution in [1.29, 1.82) is 5.26 Å². The van der Waals surface area contributed by atoms with E-state index in [0.29, 0.717) is 18.1 Å². The number of benzene rings is 3. The maximum atomic E-state index is 9.29. The molecule has 1 aromatic heterocycles. The third-order valence-corrected chi connectivity index (χ3v) is 4.46. The van der Waals surface area contributed by atoms with E-state index in [1.165, 1.54) is 0 Å². The van der Waals surface area contributed by atoms with Gasteiger partial charge in [0.05, 0.1) is 36.3 Å². The Labute approximate surface area is 151 Å². The molecule has 4 rings (SSSR count). The number of para-hydroxylation sites is 2. The van der Waals surface area contributed by atoms with Crippen molar-refractivity contribution in [3.63, 3.8) is 0 Å². The van der Waals surface area contributed by atoms with Gasteiger partial charge in [-0.05, 0) is 34.9 Å². The van der Waals surface area contributed by atoms with Crippen LogP contribution in [0.25, 0.3) is 22.2 Å². The molecule has 4 heteroatoms. The first-order chi connectivity index (χ1) is 12.8. The summed E-state index contributed by atoms with van der Waals surface area (Å²) in [5.74, 6) is 0. The lowest BCUT2D eigenvalue weighted by atomic mass is 9.99. The molecule has 26 heavy (non-hydrogen) atoms. The van der Waals surface area contributed by atoms with Crippen molar-refractivity contribution in [3.05, 3.63) is 83.9 Å². The highest BCUT2D eigenvalue weighted by atomic mass is 16.5. The third kappa shape index (κ3) is 2.80. The predicted molar refractivity (Wildman–Crippen MR) is 102 cm³/mol. The molecule has 4 aromatic rings. The number of aromatic nitrogens is 2. The molecular weight excluding hydrogens is 322 g/mol. The second-order valence-corrected chi connectivity index (χ2v) is 6.03. The number of rotatable bonds is 4. The molecule has 1 heterocycles. The molecule has 0 saturated heterocycles. The lowest BCUT2D eigenvalue weighted by Gasteiger charge is -2.09. The van der Waals surface area contributed by atoms with E-state index in [9.17, 15) is 5.26 Å². The number of ether oxygens (including phenoxy) is 1. The van der Waals surface area contributed by atoms with Crippen molar-refractivity contribution < 1.29 is 4.74 Å². The average molecular weight is 339 g/mol. The number of methoxy groups -OCH3 is 1. The number of fused-ring (bicyclic) bond motifs is 1. The van der Waals surface area contributed by atoms with E-state index in [1.54, 1.807) is 7.11 Å². The van der Waals surface area contributed by atoms with E-state index in [2.05, 4.69) is 39.9 Å². The van der Waals surface area contributed by atoms with Gasteiger partial charge in [-0.2, -0.15) is 10.2 Å². The smallest absolute Gasteiger partial charge is 0.297 e. The first kappa shape index (κ1) is 15.9. The molecule has 3 aromatic carbocycles. The lowest BCUT2D eigenvalue weighted by molar-refractivity contribution is 0.364. The molecule has 0 amide bonds. The van der Waals surface area contributed by atoms with Gasteiger partial charge in [0, 0.05) is 0 Å². The van der Waals surface area contributed by atoms with Crippen molar-refractivity contribution >= 4 is 11.0 Å². The third-order valence-electron chi connectivity index (χ3n) is 4.46. The van der Waals surface area contributed by atoms with E-state index in [4.69, 9.17) is 4.74 Å². The number of imidazole rings is 1. The fraction of sp³-hybridized carbons (Fsp3) is 0.0909. The fourth-order valence-corrected chi connectivity index (χ4v) is 3.17. The van der Waals surface area contributed by atoms with Crippen molar-refractivity contribution in [2.24, 2.45) is 0 Å². The highest BCUT2D eigenvalue weighted by Crippen LogP contribution is 2.26. The molecule has 0 spiro atoms. The second kappa shape index (κ2) is 6.73. The maximum Gasteiger partial charge on any atom is 0.297 e. The molecule has 0 bridgehead atoms. The SMILES string of the molecule is COc1nc2ccccc2n1Cc1ccc(-c2ccccc2C#N)cc1. The Balaban J connectivity index is 1.68. The van der Waals surface area contributed by atoms with Gasteiger partial charge < -0.3 is 4.74 Å². The highest BCUT2D eigenvalue weighted by molar-refractivity contribution is 5.77. The molecule has 126 valence electrons. The van der Waals surface area contributed by atoms with Gasteiger partial charge >= 0.3 is 0 Å². The second-order valence-electron chi connectivity index (χ2n) is 6.03. The molecular formula is C22H17N3O. The number of hydrogen-bond acceptors (Lipinski definition) is 3. The van der Waals surface area contributed by atoms with Gasteiger partial charge in [-0.1, -0.05) is 54.6 Å². The summed E-state index contributed by atoms with van der Waals surface area (Å²) in [7, 11) is 1.64. The Hall–Kier alpha value is -3.58. The molecule has 0 fully saturated rings. The van der Waals surface area contributed by atoms with Crippen LogP contribution in [0.1, 0.15) is 11.1 Å². The van der Waals surface area contributed by atoms with Crippen LogP contribution in [-0.2, 0) is 6.54 Å². The van der Waals surface area contributed by atoms with Gasteiger partial charge in [0.2, 0.25) is 0 Å². The van der Waals surface area contributed by atoms with Gasteiger partial charge in [0.1, 0.15) is 0 Å². The number of nitrogens with zero attached hydrogens (tertiary/aromatic N) is 3. The van der Waals surface area contributed by atoms with Crippen LogP contribution < -0.4 is 4.74 Å². The van der Waals surface area contributed by atoms with Gasteiger partial charge in [-0.25, -0.2) is 0 Å². The molecule has 0 aliphatic rings. The summed E-state index contributed by atoms with van der Waals surface area (Å²) in [6.45, 7) is 0.670. The van der Waals surface area contributed by atoms with Crippen LogP contribution in [0.4, 0.5) is 0 Å². The molecule has 0 N–H and O–H groups in total. The van der Waals surface area contributed by atoms with Crippen molar-refractivity contribution in [1.82, 2.24) is 9.55 Å². The molecule has 0 unspecified atom stereocenters. The van der Waals surface area contributed by atoms with Crippen molar-refractivity contribution in [2.75, 3.05) is 7.11 Å².